The Morgan fingerprint density at radius 3 is 1.94 bits per heavy atom. The summed E-state index contributed by atoms with van der Waals surface area (Å²) in [7, 11) is 0. The maximum Gasteiger partial charge on any atom is 0.217 e. The predicted octanol–water partition coefficient (Wildman–Crippen LogP) is -0.706. The molecule has 0 bridgehead atoms. The van der Waals surface area contributed by atoms with E-state index < -0.39 is 0 Å². The molecule has 0 saturated carbocycles. The van der Waals surface area contributed by atoms with Crippen molar-refractivity contribution in [2.45, 2.75) is 12.8 Å². The van der Waals surface area contributed by atoms with Gasteiger partial charge in [0.2, 0.25) is 5.91 Å². The lowest BCUT2D eigenvalue weighted by Gasteiger charge is -2.05. The molecule has 1 amide bonds. The number of carbonyl (C=O) groups is 1. The quantitative estimate of drug-likeness (QED) is 0.436. The molecule has 6 nitrogen and oxygen atoms in total. The molecule has 0 aromatic carbocycles. The average molecular weight is 235 g/mol. The SMILES string of the molecule is NC(=O)CCCOCCOCCOCCO. The summed E-state index contributed by atoms with van der Waals surface area (Å²) in [6.07, 6.45) is 1.00. The lowest BCUT2D eigenvalue weighted by molar-refractivity contribution is -0.118. The number of aliphatic hydroxyl groups excluding tert-OH is 1. The molecule has 16 heavy (non-hydrogen) atoms. The second-order valence-corrected chi connectivity index (χ2v) is 3.13. The van der Waals surface area contributed by atoms with Gasteiger partial charge in [0.1, 0.15) is 0 Å². The van der Waals surface area contributed by atoms with Crippen LogP contribution in [0, 0.1) is 0 Å². The zero-order valence-corrected chi connectivity index (χ0v) is 9.52. The minimum Gasteiger partial charge on any atom is -0.394 e. The Kier molecular flexibility index (Phi) is 11.8. The summed E-state index contributed by atoms with van der Waals surface area (Å²) in [4.78, 5) is 10.4. The van der Waals surface area contributed by atoms with Gasteiger partial charge < -0.3 is 25.1 Å². The number of aliphatic hydroxyl groups is 1. The highest BCUT2D eigenvalue weighted by Gasteiger charge is 1.94. The first-order valence-corrected chi connectivity index (χ1v) is 5.39. The van der Waals surface area contributed by atoms with Crippen LogP contribution in [-0.4, -0.2) is 57.3 Å². The molecule has 0 aliphatic rings. The average Bonchev–Trinajstić information content (AvgIpc) is 2.25. The highest BCUT2D eigenvalue weighted by molar-refractivity contribution is 5.73. The maximum atomic E-state index is 10.4. The summed E-state index contributed by atoms with van der Waals surface area (Å²) in [6.45, 7) is 2.86. The van der Waals surface area contributed by atoms with E-state index in [4.69, 9.17) is 25.1 Å². The Balaban J connectivity index is 2.90. The van der Waals surface area contributed by atoms with E-state index in [-0.39, 0.29) is 12.5 Å². The number of amides is 1. The van der Waals surface area contributed by atoms with Gasteiger partial charge in [0.25, 0.3) is 0 Å². The van der Waals surface area contributed by atoms with Gasteiger partial charge in [-0.25, -0.2) is 0 Å². The van der Waals surface area contributed by atoms with Crippen molar-refractivity contribution in [2.75, 3.05) is 46.2 Å². The number of ether oxygens (including phenoxy) is 3. The van der Waals surface area contributed by atoms with Crippen LogP contribution in [0.5, 0.6) is 0 Å². The van der Waals surface area contributed by atoms with E-state index in [1.165, 1.54) is 0 Å². The topological polar surface area (TPSA) is 91.0 Å². The second-order valence-electron chi connectivity index (χ2n) is 3.13. The van der Waals surface area contributed by atoms with Crippen LogP contribution in [0.1, 0.15) is 12.8 Å². The summed E-state index contributed by atoms with van der Waals surface area (Å²) in [5.74, 6) is -0.305. The molecule has 6 heteroatoms. The molecule has 3 N–H and O–H groups in total. The number of rotatable bonds is 12. The minimum absolute atomic E-state index is 0.0307. The van der Waals surface area contributed by atoms with Crippen molar-refractivity contribution in [3.8, 4) is 0 Å². The monoisotopic (exact) mass is 235 g/mol. The van der Waals surface area contributed by atoms with E-state index in [1.54, 1.807) is 0 Å². The van der Waals surface area contributed by atoms with Crippen LogP contribution in [-0.2, 0) is 19.0 Å². The fraction of sp³-hybridized carbons (Fsp3) is 0.900. The fourth-order valence-corrected chi connectivity index (χ4v) is 0.955. The van der Waals surface area contributed by atoms with Crippen LogP contribution >= 0.6 is 0 Å². The van der Waals surface area contributed by atoms with Crippen LogP contribution in [0.2, 0.25) is 0 Å². The highest BCUT2D eigenvalue weighted by atomic mass is 16.5. The zero-order chi connectivity index (χ0) is 12.1. The molecule has 0 spiro atoms. The van der Waals surface area contributed by atoms with Crippen LogP contribution < -0.4 is 5.73 Å². The molecule has 0 unspecified atom stereocenters. The highest BCUT2D eigenvalue weighted by Crippen LogP contribution is 1.89. The molecule has 0 aromatic heterocycles. The van der Waals surface area contributed by atoms with Crippen molar-refractivity contribution in [1.29, 1.82) is 0 Å². The Bertz CT molecular complexity index is 165. The smallest absolute Gasteiger partial charge is 0.217 e. The number of primary amides is 1. The molecule has 0 heterocycles. The van der Waals surface area contributed by atoms with Gasteiger partial charge in [-0.05, 0) is 6.42 Å². The first-order chi connectivity index (χ1) is 7.77. The summed E-state index contributed by atoms with van der Waals surface area (Å²) in [5, 5.41) is 8.41. The Morgan fingerprint density at radius 2 is 1.44 bits per heavy atom. The molecule has 0 fully saturated rings. The summed E-state index contributed by atoms with van der Waals surface area (Å²) >= 11 is 0. The summed E-state index contributed by atoms with van der Waals surface area (Å²) in [6, 6.07) is 0. The third-order valence-electron chi connectivity index (χ3n) is 1.69. The first-order valence-electron chi connectivity index (χ1n) is 5.39. The van der Waals surface area contributed by atoms with Crippen molar-refractivity contribution in [3.63, 3.8) is 0 Å². The van der Waals surface area contributed by atoms with Gasteiger partial charge in [-0.1, -0.05) is 0 Å². The maximum absolute atomic E-state index is 10.4. The van der Waals surface area contributed by atoms with E-state index in [0.29, 0.717) is 52.5 Å². The van der Waals surface area contributed by atoms with Gasteiger partial charge in [-0.2, -0.15) is 0 Å². The van der Waals surface area contributed by atoms with Crippen LogP contribution in [0.25, 0.3) is 0 Å². The third-order valence-corrected chi connectivity index (χ3v) is 1.69. The fourth-order valence-electron chi connectivity index (χ4n) is 0.955. The van der Waals surface area contributed by atoms with E-state index in [9.17, 15) is 4.79 Å². The van der Waals surface area contributed by atoms with Crippen molar-refractivity contribution < 1.29 is 24.1 Å². The number of carbonyl (C=O) groups excluding carboxylic acids is 1. The molecule has 0 saturated heterocycles. The van der Waals surface area contributed by atoms with Crippen molar-refractivity contribution in [3.05, 3.63) is 0 Å². The number of nitrogens with two attached hydrogens (primary N) is 1. The Hall–Kier alpha value is -0.690. The Labute approximate surface area is 95.7 Å². The van der Waals surface area contributed by atoms with Crippen LogP contribution in [0.3, 0.4) is 0 Å². The summed E-state index contributed by atoms with van der Waals surface area (Å²) in [5.41, 5.74) is 4.96. The number of hydrogen-bond acceptors (Lipinski definition) is 5. The molecule has 0 aromatic rings. The lowest BCUT2D eigenvalue weighted by Crippen LogP contribution is -2.13. The number of hydrogen-bond donors (Lipinski definition) is 2. The van der Waals surface area contributed by atoms with Gasteiger partial charge in [0.15, 0.2) is 0 Å². The summed E-state index contributed by atoms with van der Waals surface area (Å²) < 4.78 is 15.4. The molecule has 96 valence electrons. The first kappa shape index (κ1) is 15.3. The van der Waals surface area contributed by atoms with Gasteiger partial charge in [0, 0.05) is 13.0 Å². The normalized spacial score (nSPS) is 10.6. The van der Waals surface area contributed by atoms with E-state index >= 15 is 0 Å². The molecule has 0 aliphatic heterocycles. The molecule has 0 radical (unpaired) electrons. The van der Waals surface area contributed by atoms with E-state index in [2.05, 4.69) is 0 Å². The van der Waals surface area contributed by atoms with Crippen LogP contribution in [0.15, 0.2) is 0 Å². The molecule has 0 atom stereocenters. The molecular weight excluding hydrogens is 214 g/mol. The predicted molar refractivity (Wildman–Crippen MR) is 58.0 cm³/mol. The zero-order valence-electron chi connectivity index (χ0n) is 9.52. The Morgan fingerprint density at radius 1 is 0.938 bits per heavy atom. The largest absolute Gasteiger partial charge is 0.394 e. The van der Waals surface area contributed by atoms with E-state index in [0.717, 1.165) is 0 Å². The van der Waals surface area contributed by atoms with Gasteiger partial charge in [-0.3, -0.25) is 4.79 Å². The van der Waals surface area contributed by atoms with Crippen molar-refractivity contribution in [1.82, 2.24) is 0 Å². The second kappa shape index (κ2) is 12.4. The third kappa shape index (κ3) is 13.3. The van der Waals surface area contributed by atoms with Gasteiger partial charge in [-0.15, -0.1) is 0 Å². The van der Waals surface area contributed by atoms with E-state index in [1.807, 2.05) is 0 Å². The van der Waals surface area contributed by atoms with Gasteiger partial charge in [0.05, 0.1) is 39.6 Å². The van der Waals surface area contributed by atoms with Crippen LogP contribution in [0.4, 0.5) is 0 Å². The van der Waals surface area contributed by atoms with Crippen molar-refractivity contribution in [2.24, 2.45) is 5.73 Å². The van der Waals surface area contributed by atoms with Crippen molar-refractivity contribution >= 4 is 5.91 Å². The molecule has 0 aliphatic carbocycles. The molecule has 0 rings (SSSR count). The standard InChI is InChI=1S/C10H21NO5/c11-10(13)2-1-4-14-6-8-16-9-7-15-5-3-12/h12H,1-9H2,(H2,11,13). The van der Waals surface area contributed by atoms with Gasteiger partial charge >= 0.3 is 0 Å². The minimum atomic E-state index is -0.305. The molecular formula is C10H21NO5. The lowest BCUT2D eigenvalue weighted by atomic mass is 10.3.